The number of piperidine rings is 1. The van der Waals surface area contributed by atoms with Gasteiger partial charge < -0.3 is 40.5 Å². The fraction of sp³-hybridized carbons (Fsp3) is 0.519. The molecule has 2 aromatic heterocycles. The van der Waals surface area contributed by atoms with Crippen LogP contribution in [0.25, 0.3) is 10.4 Å². The average Bonchev–Trinajstić information content (AvgIpc) is 4.10. The summed E-state index contributed by atoms with van der Waals surface area (Å²) in [4.78, 5) is 99.7. The molecule has 0 bridgehead atoms. The van der Waals surface area contributed by atoms with Crippen LogP contribution in [-0.4, -0.2) is 166 Å². The van der Waals surface area contributed by atoms with Crippen LogP contribution < -0.4 is 20.7 Å². The van der Waals surface area contributed by atoms with Crippen LogP contribution in [0.15, 0.2) is 60.1 Å². The van der Waals surface area contributed by atoms with E-state index in [1.165, 1.54) is 24.1 Å². The maximum absolute atomic E-state index is 14.3. The molecule has 6 heterocycles. The molecule has 0 spiro atoms. The van der Waals surface area contributed by atoms with Crippen molar-refractivity contribution in [1.29, 1.82) is 0 Å². The number of aliphatic hydroxyl groups is 1. The SMILES string of the molecule is COc1cc2c(cc1NC(=O)c1cccc(C(F)(F)F)n1)CN(CCN1CCN(CC(=O)N3CCC(CC(=O)N[C@H](C(=O)N4C[C@H](O)C[C@H]4C(=O)N[C@@H](C)c4ccc(-c5scnc5C)cc4)C(C)(C)C)CC3)CC1)C2=O. The summed E-state index contributed by atoms with van der Waals surface area (Å²) < 4.78 is 45.1. The molecule has 0 radical (unpaired) electrons. The number of ether oxygens (including phenoxy) is 1. The number of carbonyl (C=O) groups excluding carboxylic acids is 6. The minimum atomic E-state index is -4.72. The Morgan fingerprint density at radius 3 is 2.26 bits per heavy atom. The largest absolute Gasteiger partial charge is 0.495 e. The Morgan fingerprint density at radius 2 is 1.62 bits per heavy atom. The van der Waals surface area contributed by atoms with Crippen molar-refractivity contribution >= 4 is 52.5 Å². The van der Waals surface area contributed by atoms with E-state index in [0.29, 0.717) is 76.3 Å². The third kappa shape index (κ3) is 13.2. The van der Waals surface area contributed by atoms with Crippen LogP contribution in [0, 0.1) is 18.3 Å². The standard InChI is InChI=1S/C54H67F3N10O8S/c1-32(35-10-12-36(13-11-35)47-33(2)58-31-76-47)59-50(72)42-26-38(68)29-67(42)52(74)48(53(3,4)5)62-45(69)24-34-14-16-65(17-15-34)46(70)30-64-20-18-63(19-21-64)22-23-66-28-37-25-41(43(75-6)27-39(37)51(66)73)61-49(71)40-8-7-9-44(60-40)54(55,56)57/h7-13,25,27,31-32,34,38,42,48,68H,14-24,26,28-30H2,1-6H3,(H,59,72)(H,61,71)(H,62,69)/t32-,38+,42-,48+/m0/s1. The highest BCUT2D eigenvalue weighted by atomic mass is 32.1. The highest BCUT2D eigenvalue weighted by Gasteiger charge is 2.45. The van der Waals surface area contributed by atoms with Gasteiger partial charge in [0.05, 0.1) is 47.6 Å². The molecule has 0 saturated carbocycles. The number of anilines is 1. The number of benzene rings is 2. The number of thiazole rings is 1. The minimum absolute atomic E-state index is 0.00726. The van der Waals surface area contributed by atoms with Gasteiger partial charge in [0.25, 0.3) is 11.8 Å². The van der Waals surface area contributed by atoms with Crippen molar-refractivity contribution < 1.29 is 51.8 Å². The number of aliphatic hydroxyl groups excluding tert-OH is 1. The first-order chi connectivity index (χ1) is 36.1. The Balaban J connectivity index is 0.752. The van der Waals surface area contributed by atoms with Crippen LogP contribution in [0.2, 0.25) is 0 Å². The van der Waals surface area contributed by atoms with E-state index in [-0.39, 0.29) is 79.5 Å². The molecule has 2 aromatic carbocycles. The van der Waals surface area contributed by atoms with E-state index in [0.717, 1.165) is 33.8 Å². The number of piperazine rings is 1. The molecule has 4 aliphatic rings. The van der Waals surface area contributed by atoms with Crippen molar-refractivity contribution in [2.75, 3.05) is 77.9 Å². The first kappa shape index (κ1) is 55.7. The maximum Gasteiger partial charge on any atom is 0.433 e. The van der Waals surface area contributed by atoms with Gasteiger partial charge in [-0.1, -0.05) is 51.1 Å². The van der Waals surface area contributed by atoms with Crippen LogP contribution in [0.4, 0.5) is 18.9 Å². The van der Waals surface area contributed by atoms with E-state index in [1.807, 2.05) is 69.3 Å². The number of methoxy groups -OCH3 is 1. The second-order valence-electron chi connectivity index (χ2n) is 21.3. The highest BCUT2D eigenvalue weighted by molar-refractivity contribution is 7.13. The van der Waals surface area contributed by atoms with Gasteiger partial charge in [-0.2, -0.15) is 13.2 Å². The molecular formula is C54H67F3N10O8S. The molecule has 8 rings (SSSR count). The lowest BCUT2D eigenvalue weighted by Gasteiger charge is -2.38. The number of fused-ring (bicyclic) bond motifs is 1. The summed E-state index contributed by atoms with van der Waals surface area (Å²) in [5, 5.41) is 19.3. The quantitative estimate of drug-likeness (QED) is 0.112. The molecule has 4 N–H and O–H groups in total. The molecule has 6 amide bonds. The highest BCUT2D eigenvalue weighted by Crippen LogP contribution is 2.35. The van der Waals surface area contributed by atoms with Gasteiger partial charge in [0, 0.05) is 83.9 Å². The van der Waals surface area contributed by atoms with Gasteiger partial charge in [-0.25, -0.2) is 9.97 Å². The summed E-state index contributed by atoms with van der Waals surface area (Å²) >= 11 is 1.56. The zero-order valence-corrected chi connectivity index (χ0v) is 44.6. The Morgan fingerprint density at radius 1 is 0.921 bits per heavy atom. The number of pyridine rings is 1. The molecule has 408 valence electrons. The Bertz CT molecular complexity index is 2790. The predicted molar refractivity (Wildman–Crippen MR) is 278 cm³/mol. The van der Waals surface area contributed by atoms with Crippen LogP contribution in [0.3, 0.4) is 0 Å². The summed E-state index contributed by atoms with van der Waals surface area (Å²) in [7, 11) is 1.37. The van der Waals surface area contributed by atoms with Crippen LogP contribution in [-0.2, 0) is 31.9 Å². The van der Waals surface area contributed by atoms with Gasteiger partial charge in [-0.05, 0) is 79.0 Å². The third-order valence-corrected chi connectivity index (χ3v) is 15.8. The van der Waals surface area contributed by atoms with Gasteiger partial charge in [-0.15, -0.1) is 11.3 Å². The van der Waals surface area contributed by atoms with E-state index in [1.54, 1.807) is 22.3 Å². The third-order valence-electron chi connectivity index (χ3n) is 14.8. The number of hydrogen-bond acceptors (Lipinski definition) is 13. The molecule has 4 atom stereocenters. The van der Waals surface area contributed by atoms with E-state index in [2.05, 4.69) is 35.7 Å². The molecule has 76 heavy (non-hydrogen) atoms. The number of rotatable bonds is 16. The molecule has 4 aromatic rings. The van der Waals surface area contributed by atoms with Crippen LogP contribution >= 0.6 is 11.3 Å². The lowest BCUT2D eigenvalue weighted by molar-refractivity contribution is -0.144. The van der Waals surface area contributed by atoms with Gasteiger partial charge in [0.15, 0.2) is 0 Å². The lowest BCUT2D eigenvalue weighted by atomic mass is 9.85. The molecule has 0 unspecified atom stereocenters. The summed E-state index contributed by atoms with van der Waals surface area (Å²) in [6, 6.07) is 11.9. The van der Waals surface area contributed by atoms with Crippen molar-refractivity contribution in [2.45, 2.75) is 97.3 Å². The topological polar surface area (TPSA) is 210 Å². The Hall–Kier alpha value is -6.49. The summed E-state index contributed by atoms with van der Waals surface area (Å²) in [5.41, 5.74) is 3.61. The second-order valence-corrected chi connectivity index (χ2v) is 22.2. The second kappa shape index (κ2) is 23.4. The first-order valence-corrected chi connectivity index (χ1v) is 26.6. The van der Waals surface area contributed by atoms with Crippen molar-refractivity contribution in [1.82, 2.24) is 45.1 Å². The normalized spacial score (nSPS) is 19.6. The number of carbonyl (C=O) groups is 6. The van der Waals surface area contributed by atoms with E-state index in [4.69, 9.17) is 4.74 Å². The van der Waals surface area contributed by atoms with Crippen molar-refractivity contribution in [3.63, 3.8) is 0 Å². The summed E-state index contributed by atoms with van der Waals surface area (Å²) in [6.07, 6.45) is -4.09. The van der Waals surface area contributed by atoms with E-state index in [9.17, 15) is 47.0 Å². The zero-order valence-electron chi connectivity index (χ0n) is 43.7. The minimum Gasteiger partial charge on any atom is -0.495 e. The van der Waals surface area contributed by atoms with Gasteiger partial charge in [0.1, 0.15) is 29.2 Å². The van der Waals surface area contributed by atoms with Gasteiger partial charge >= 0.3 is 6.18 Å². The molecule has 0 aliphatic carbocycles. The van der Waals surface area contributed by atoms with Crippen molar-refractivity contribution in [3.05, 3.63) is 93.9 Å². The molecule has 4 aliphatic heterocycles. The average molecular weight is 1070 g/mol. The summed E-state index contributed by atoms with van der Waals surface area (Å²) in [6.45, 7) is 14.7. The Labute approximate surface area is 444 Å². The number of likely N-dealkylation sites (tertiary alicyclic amines) is 2. The van der Waals surface area contributed by atoms with Crippen LogP contribution in [0.1, 0.15) is 103 Å². The molecule has 3 saturated heterocycles. The number of β-amino-alcohol motifs (C(OH)–C–C–N with tert-alkyl or cyclic N) is 1. The molecule has 22 heteroatoms. The zero-order chi connectivity index (χ0) is 54.6. The van der Waals surface area contributed by atoms with Gasteiger partial charge in [-0.3, -0.25) is 38.6 Å². The molecule has 18 nitrogen and oxygen atoms in total. The molecular weight excluding hydrogens is 1010 g/mol. The monoisotopic (exact) mass is 1070 g/mol. The summed E-state index contributed by atoms with van der Waals surface area (Å²) in [5.74, 6) is -1.94. The van der Waals surface area contributed by atoms with Gasteiger partial charge in [0.2, 0.25) is 23.6 Å². The van der Waals surface area contributed by atoms with E-state index >= 15 is 0 Å². The maximum atomic E-state index is 14.3. The van der Waals surface area contributed by atoms with Crippen molar-refractivity contribution in [3.8, 4) is 16.2 Å². The first-order valence-electron chi connectivity index (χ1n) is 25.7. The predicted octanol–water partition coefficient (Wildman–Crippen LogP) is 5.37. The number of halogens is 3. The number of aromatic nitrogens is 2. The fourth-order valence-corrected chi connectivity index (χ4v) is 11.2. The number of nitrogens with one attached hydrogen (secondary N) is 3. The number of alkyl halides is 3. The number of nitrogens with zero attached hydrogens (tertiary/aromatic N) is 7. The lowest BCUT2D eigenvalue weighted by Crippen LogP contribution is -2.58. The smallest absolute Gasteiger partial charge is 0.433 e. The number of amides is 6. The number of hydrogen-bond donors (Lipinski definition) is 4. The fourth-order valence-electron chi connectivity index (χ4n) is 10.4. The van der Waals surface area contributed by atoms with Crippen LogP contribution in [0.5, 0.6) is 5.75 Å². The molecule has 3 fully saturated rings. The van der Waals surface area contributed by atoms with E-state index < -0.39 is 53.0 Å². The number of aryl methyl sites for hydroxylation is 1. The van der Waals surface area contributed by atoms with Crippen molar-refractivity contribution in [2.24, 2.45) is 11.3 Å². The Kier molecular flexibility index (Phi) is 17.2.